The number of amides is 2. The summed E-state index contributed by atoms with van der Waals surface area (Å²) in [5.41, 5.74) is 2.99. The van der Waals surface area contributed by atoms with Crippen LogP contribution >= 0.6 is 0 Å². The first-order chi connectivity index (χ1) is 4.20. The molecule has 0 aliphatic rings. The van der Waals surface area contributed by atoms with Crippen LogP contribution in [0.5, 0.6) is 0 Å². The van der Waals surface area contributed by atoms with Crippen molar-refractivity contribution in [1.29, 1.82) is 0 Å². The SMILES string of the molecule is [3H]NC(=O)CC(=O)N[3H]. The van der Waals surface area contributed by atoms with Crippen molar-refractivity contribution < 1.29 is 12.4 Å². The lowest BCUT2D eigenvalue weighted by molar-refractivity contribution is -0.125. The van der Waals surface area contributed by atoms with Gasteiger partial charge in [0, 0.05) is 0 Å². The fourth-order valence-electron chi connectivity index (χ4n) is 0.146. The molecular weight excluding hydrogens is 96.0 g/mol. The zero-order valence-corrected chi connectivity index (χ0v) is 3.52. The molecule has 0 bridgehead atoms. The Hall–Kier alpha value is -1.06. The Balaban J connectivity index is 3.47. The minimum absolute atomic E-state index is 0.465. The molecule has 7 heavy (non-hydrogen) atoms. The van der Waals surface area contributed by atoms with E-state index in [1.807, 2.05) is 0 Å². The molecule has 0 radical (unpaired) electrons. The predicted octanol–water partition coefficient (Wildman–Crippen LogP) is -1.65. The Bertz CT molecular complexity index is 113. The Labute approximate surface area is 43.4 Å². The number of primary amides is 2. The second-order valence-corrected chi connectivity index (χ2v) is 1.02. The zero-order chi connectivity index (χ0) is 7.28. The van der Waals surface area contributed by atoms with Crippen LogP contribution < -0.4 is 11.5 Å². The third-order valence-corrected chi connectivity index (χ3v) is 0.321. The molecule has 4 nitrogen and oxygen atoms in total. The summed E-state index contributed by atoms with van der Waals surface area (Å²) < 4.78 is 12.5. The van der Waals surface area contributed by atoms with Crippen LogP contribution in [0, 0.1) is 0 Å². The van der Waals surface area contributed by atoms with Gasteiger partial charge in [-0.1, -0.05) is 0 Å². The molecule has 0 fully saturated rings. The average molecular weight is 106 g/mol. The second kappa shape index (κ2) is 2.17. The Morgan fingerprint density at radius 3 is 2.14 bits per heavy atom. The maximum atomic E-state index is 10.1. The van der Waals surface area contributed by atoms with Crippen LogP contribution in [0.2, 0.25) is 2.82 Å². The van der Waals surface area contributed by atoms with Gasteiger partial charge in [0.05, 0.1) is 0 Å². The van der Waals surface area contributed by atoms with Crippen LogP contribution in [0.25, 0.3) is 0 Å². The van der Waals surface area contributed by atoms with Crippen molar-refractivity contribution >= 4 is 11.8 Å². The van der Waals surface area contributed by atoms with Gasteiger partial charge in [0.1, 0.15) is 6.42 Å². The Morgan fingerprint density at radius 2 is 1.86 bits per heavy atom. The molecule has 0 aliphatic heterocycles. The van der Waals surface area contributed by atoms with Crippen LogP contribution in [0.15, 0.2) is 0 Å². The lowest BCUT2D eigenvalue weighted by atomic mass is 10.4. The molecule has 0 rings (SSSR count). The van der Waals surface area contributed by atoms with Crippen LogP contribution in [0.4, 0.5) is 0 Å². The molecule has 0 unspecified atom stereocenters. The monoisotopic (exact) mass is 106 g/mol. The molecule has 0 aromatic heterocycles. The maximum absolute atomic E-state index is 10.1. The van der Waals surface area contributed by atoms with Crippen LogP contribution in [-0.2, 0) is 9.59 Å². The third kappa shape index (κ3) is 4.94. The largest absolute Gasteiger partial charge is 0.369 e. The van der Waals surface area contributed by atoms with Crippen LogP contribution in [-0.4, -0.2) is 11.8 Å². The normalized spacial score (nSPS) is 10.9. The topological polar surface area (TPSA) is 86.2 Å². The molecule has 0 aliphatic carbocycles. The summed E-state index contributed by atoms with van der Waals surface area (Å²) in [6, 6.07) is 0. The number of nitrogens with two attached hydrogens (primary N) is 2. The van der Waals surface area contributed by atoms with Crippen molar-refractivity contribution in [2.24, 2.45) is 11.5 Å². The highest BCUT2D eigenvalue weighted by Crippen LogP contribution is 1.68. The number of hydrogen-bond acceptors (Lipinski definition) is 2. The van der Waals surface area contributed by atoms with E-state index in [0.717, 1.165) is 0 Å². The molecule has 0 aromatic rings. The molecule has 40 valence electrons. The second-order valence-electron chi connectivity index (χ2n) is 1.02. The molecule has 0 heterocycles. The minimum atomic E-state index is -0.722. The van der Waals surface area contributed by atoms with Gasteiger partial charge in [0.25, 0.3) is 0 Å². The standard InChI is InChI=1S/C3H6N2O2/c4-2(6)1-3(5)7/h1H2,(H2,4,6)(H2,5,7)/i/hT2. The maximum Gasteiger partial charge on any atom is 0.226 e. The molecular formula is C3H6N2O2. The summed E-state index contributed by atoms with van der Waals surface area (Å²) >= 11 is 0. The van der Waals surface area contributed by atoms with Gasteiger partial charge in [-0.2, -0.15) is 0 Å². The van der Waals surface area contributed by atoms with Crippen molar-refractivity contribution in [3.8, 4) is 0 Å². The van der Waals surface area contributed by atoms with E-state index >= 15 is 0 Å². The van der Waals surface area contributed by atoms with E-state index in [2.05, 4.69) is 0 Å². The highest BCUT2D eigenvalue weighted by molar-refractivity contribution is 5.95. The van der Waals surface area contributed by atoms with Gasteiger partial charge < -0.3 is 11.5 Å². The lowest BCUT2D eigenvalue weighted by Gasteiger charge is -1.82. The van der Waals surface area contributed by atoms with Crippen molar-refractivity contribution in [2.75, 3.05) is 0 Å². The first-order valence-electron chi connectivity index (χ1n) is 2.62. The van der Waals surface area contributed by atoms with E-state index in [-0.39, 0.29) is 0 Å². The number of rotatable bonds is 2. The van der Waals surface area contributed by atoms with E-state index in [1.165, 1.54) is 11.5 Å². The third-order valence-electron chi connectivity index (χ3n) is 0.321. The number of carbonyl (C=O) groups is 2. The summed E-state index contributed by atoms with van der Waals surface area (Å²) in [6.07, 6.45) is -0.465. The molecule has 2 amide bonds. The molecule has 0 aromatic carbocycles. The molecule has 0 spiro atoms. The van der Waals surface area contributed by atoms with Gasteiger partial charge in [0.2, 0.25) is 11.8 Å². The average Bonchev–Trinajstić information content (AvgIpc) is 1.87. The quantitative estimate of drug-likeness (QED) is 0.413. The van der Waals surface area contributed by atoms with Gasteiger partial charge in [-0.3, -0.25) is 9.59 Å². The summed E-state index contributed by atoms with van der Waals surface area (Å²) in [7, 11) is 0. The van der Waals surface area contributed by atoms with E-state index in [0.29, 0.717) is 0 Å². The number of hydrogen-bond donors (Lipinski definition) is 2. The fraction of sp³-hybridized carbons (Fsp3) is 0.333. The van der Waals surface area contributed by atoms with Crippen molar-refractivity contribution in [1.82, 2.24) is 0 Å². The van der Waals surface area contributed by atoms with Crippen LogP contribution in [0.1, 0.15) is 6.42 Å². The van der Waals surface area contributed by atoms with Gasteiger partial charge in [-0.05, 0) is 0 Å². The first-order valence-corrected chi connectivity index (χ1v) is 1.62. The summed E-state index contributed by atoms with van der Waals surface area (Å²) in [6.45, 7) is 0. The van der Waals surface area contributed by atoms with E-state index < -0.39 is 18.2 Å². The van der Waals surface area contributed by atoms with Gasteiger partial charge >= 0.3 is 0 Å². The smallest absolute Gasteiger partial charge is 0.226 e. The molecule has 0 saturated carbocycles. The van der Waals surface area contributed by atoms with Crippen LogP contribution in [0.3, 0.4) is 0 Å². The van der Waals surface area contributed by atoms with E-state index in [1.54, 1.807) is 0 Å². The van der Waals surface area contributed by atoms with Crippen molar-refractivity contribution in [3.63, 3.8) is 0 Å². The minimum Gasteiger partial charge on any atom is -0.369 e. The van der Waals surface area contributed by atoms with Gasteiger partial charge in [0.15, 0.2) is 2.82 Å². The van der Waals surface area contributed by atoms with E-state index in [9.17, 15) is 9.59 Å². The molecule has 0 atom stereocenters. The summed E-state index contributed by atoms with van der Waals surface area (Å²) in [5, 5.41) is 0. The Morgan fingerprint density at radius 1 is 1.43 bits per heavy atom. The van der Waals surface area contributed by atoms with E-state index in [4.69, 9.17) is 2.82 Å². The predicted molar refractivity (Wildman–Crippen MR) is 23.0 cm³/mol. The van der Waals surface area contributed by atoms with Gasteiger partial charge in [-0.15, -0.1) is 0 Å². The summed E-state index contributed by atoms with van der Waals surface area (Å²) in [4.78, 5) is 20.3. The molecule has 4 N–H and O–H groups in total. The highest BCUT2D eigenvalue weighted by Gasteiger charge is 1.96. The highest BCUT2D eigenvalue weighted by atomic mass is 16.2. The first kappa shape index (κ1) is 3.01. The van der Waals surface area contributed by atoms with Crippen molar-refractivity contribution in [2.45, 2.75) is 6.42 Å². The number of carbonyl (C=O) groups excluding carboxylic acids is 2. The zero-order valence-electron chi connectivity index (χ0n) is 5.52. The Kier molecular flexibility index (Phi) is 0.934. The molecule has 0 saturated heterocycles. The lowest BCUT2D eigenvalue weighted by Crippen LogP contribution is -2.21. The van der Waals surface area contributed by atoms with Gasteiger partial charge in [-0.25, -0.2) is 0 Å². The fourth-order valence-corrected chi connectivity index (χ4v) is 0.146. The summed E-state index contributed by atoms with van der Waals surface area (Å²) in [5.74, 6) is -1.44. The molecule has 4 heteroatoms. The van der Waals surface area contributed by atoms with Crippen molar-refractivity contribution in [3.05, 3.63) is 0 Å².